The smallest absolute Gasteiger partial charge is 0.294 e. The van der Waals surface area contributed by atoms with E-state index in [1.54, 1.807) is 19.1 Å². The third-order valence-corrected chi connectivity index (χ3v) is 8.05. The van der Waals surface area contributed by atoms with Crippen LogP contribution in [0.15, 0.2) is 36.0 Å². The minimum Gasteiger partial charge on any atom is -0.453 e. The first-order valence-electron chi connectivity index (χ1n) is 9.54. The van der Waals surface area contributed by atoms with Gasteiger partial charge < -0.3 is 4.74 Å². The fraction of sp³-hybridized carbons (Fsp3) is 0.591. The Morgan fingerprint density at radius 1 is 1.19 bits per heavy atom. The van der Waals surface area contributed by atoms with Crippen LogP contribution in [0.3, 0.4) is 0 Å². The van der Waals surface area contributed by atoms with Gasteiger partial charge in [-0.2, -0.15) is 0 Å². The highest BCUT2D eigenvalue weighted by atomic mass is 16.5. The van der Waals surface area contributed by atoms with Gasteiger partial charge in [-0.3, -0.25) is 14.4 Å². The van der Waals surface area contributed by atoms with Crippen molar-refractivity contribution in [3.8, 4) is 0 Å². The van der Waals surface area contributed by atoms with Gasteiger partial charge in [0.05, 0.1) is 0 Å². The molecule has 4 nitrogen and oxygen atoms in total. The quantitative estimate of drug-likeness (QED) is 0.727. The molecule has 0 aromatic heterocycles. The predicted molar refractivity (Wildman–Crippen MR) is 97.1 cm³/mol. The highest BCUT2D eigenvalue weighted by molar-refractivity contribution is 6.01. The largest absolute Gasteiger partial charge is 0.453 e. The van der Waals surface area contributed by atoms with Crippen molar-refractivity contribution in [2.45, 2.75) is 52.1 Å². The molecule has 4 aliphatic carbocycles. The van der Waals surface area contributed by atoms with E-state index in [2.05, 4.69) is 32.1 Å². The molecule has 4 aliphatic rings. The number of ketones is 2. The van der Waals surface area contributed by atoms with Crippen LogP contribution in [-0.2, 0) is 19.1 Å². The van der Waals surface area contributed by atoms with Gasteiger partial charge in [0, 0.05) is 10.8 Å². The molecule has 0 unspecified atom stereocenters. The number of Topliss-reactive ketones (excluding diaryl/α,β-unsaturated/α-hetero) is 1. The highest BCUT2D eigenvalue weighted by Gasteiger charge is 2.66. The van der Waals surface area contributed by atoms with Crippen molar-refractivity contribution in [1.82, 2.24) is 0 Å². The Morgan fingerprint density at radius 2 is 1.92 bits per heavy atom. The van der Waals surface area contributed by atoms with Crippen LogP contribution < -0.4 is 0 Å². The summed E-state index contributed by atoms with van der Waals surface area (Å²) in [5.74, 6) is 1.04. The van der Waals surface area contributed by atoms with Crippen molar-refractivity contribution in [3.05, 3.63) is 36.0 Å². The summed E-state index contributed by atoms with van der Waals surface area (Å²) in [7, 11) is 0. The van der Waals surface area contributed by atoms with Gasteiger partial charge in [-0.25, -0.2) is 0 Å². The molecule has 0 aliphatic heterocycles. The number of rotatable bonds is 3. The zero-order valence-corrected chi connectivity index (χ0v) is 15.7. The second-order valence-corrected chi connectivity index (χ2v) is 8.86. The standard InChI is InChI=1S/C22H26O4/c1-14(24)22(26-13-23)11-8-19-17-5-4-15-12-16(25)6-9-20(15,2)18(17)7-10-21(19,22)3/h4-6,9,12-13,17-19H,7-8,10-11H2,1-3H3/t17-,18+,19+,20+,21+,22+/m1/s1. The predicted octanol–water partition coefficient (Wildman–Crippen LogP) is 3.57. The van der Waals surface area contributed by atoms with Crippen LogP contribution >= 0.6 is 0 Å². The fourth-order valence-corrected chi connectivity index (χ4v) is 6.59. The highest BCUT2D eigenvalue weighted by Crippen LogP contribution is 2.66. The minimum absolute atomic E-state index is 0.0391. The average Bonchev–Trinajstić information content (AvgIpc) is 2.90. The summed E-state index contributed by atoms with van der Waals surface area (Å²) in [6.45, 7) is 6.36. The number of fused-ring (bicyclic) bond motifs is 5. The summed E-state index contributed by atoms with van der Waals surface area (Å²) in [5.41, 5.74) is -0.374. The first kappa shape index (κ1) is 17.4. The lowest BCUT2D eigenvalue weighted by Gasteiger charge is -2.56. The molecule has 138 valence electrons. The first-order chi connectivity index (χ1) is 12.3. The molecule has 0 N–H and O–H groups in total. The first-order valence-corrected chi connectivity index (χ1v) is 9.54. The Bertz CT molecular complexity index is 775. The second-order valence-electron chi connectivity index (χ2n) is 8.86. The zero-order valence-electron chi connectivity index (χ0n) is 15.7. The number of carbonyl (C=O) groups excluding carboxylic acids is 3. The zero-order chi connectivity index (χ0) is 18.7. The lowest BCUT2D eigenvalue weighted by Crippen LogP contribution is -2.57. The summed E-state index contributed by atoms with van der Waals surface area (Å²) in [6, 6.07) is 0. The number of hydrogen-bond acceptors (Lipinski definition) is 4. The third-order valence-electron chi connectivity index (χ3n) is 8.05. The van der Waals surface area contributed by atoms with Crippen LogP contribution in [-0.4, -0.2) is 23.6 Å². The van der Waals surface area contributed by atoms with Crippen LogP contribution in [0.25, 0.3) is 0 Å². The molecule has 0 aromatic rings. The van der Waals surface area contributed by atoms with Gasteiger partial charge in [0.15, 0.2) is 17.2 Å². The van der Waals surface area contributed by atoms with Crippen LogP contribution in [0.4, 0.5) is 0 Å². The van der Waals surface area contributed by atoms with Crippen LogP contribution in [0.5, 0.6) is 0 Å². The Morgan fingerprint density at radius 3 is 2.62 bits per heavy atom. The molecule has 26 heavy (non-hydrogen) atoms. The maximum atomic E-state index is 12.5. The topological polar surface area (TPSA) is 60.4 Å². The molecule has 4 heteroatoms. The average molecular weight is 354 g/mol. The molecule has 0 amide bonds. The molecule has 0 saturated heterocycles. The third kappa shape index (κ3) is 1.99. The van der Waals surface area contributed by atoms with E-state index in [0.717, 1.165) is 24.8 Å². The van der Waals surface area contributed by atoms with Crippen molar-refractivity contribution in [1.29, 1.82) is 0 Å². The molecule has 0 heterocycles. The monoisotopic (exact) mass is 354 g/mol. The van der Waals surface area contributed by atoms with Crippen molar-refractivity contribution < 1.29 is 19.1 Å². The summed E-state index contributed by atoms with van der Waals surface area (Å²) in [4.78, 5) is 35.5. The molecular weight excluding hydrogens is 328 g/mol. The van der Waals surface area contributed by atoms with E-state index in [1.807, 2.05) is 0 Å². The van der Waals surface area contributed by atoms with E-state index in [-0.39, 0.29) is 22.4 Å². The van der Waals surface area contributed by atoms with Crippen LogP contribution in [0, 0.1) is 28.6 Å². The Balaban J connectivity index is 1.76. The molecule has 2 saturated carbocycles. The number of carbonyl (C=O) groups is 3. The SMILES string of the molecule is CC(=O)[C@@]1(OC=O)CC[C@H]2[C@@H]3C=CC4=CC(=O)C=C[C@]4(C)[C@H]3CC[C@@]21C. The molecule has 0 bridgehead atoms. The summed E-state index contributed by atoms with van der Waals surface area (Å²) < 4.78 is 5.53. The van der Waals surface area contributed by atoms with E-state index >= 15 is 0 Å². The normalized spacial score (nSPS) is 46.0. The van der Waals surface area contributed by atoms with Crippen LogP contribution in [0.1, 0.15) is 46.5 Å². The Hall–Kier alpha value is -1.97. The number of allylic oxidation sites excluding steroid dienone is 6. The molecule has 0 radical (unpaired) electrons. The molecule has 4 rings (SSSR count). The summed E-state index contributed by atoms with van der Waals surface area (Å²) in [5, 5.41) is 0. The Kier molecular flexibility index (Phi) is 3.70. The van der Waals surface area contributed by atoms with Crippen molar-refractivity contribution in [2.24, 2.45) is 28.6 Å². The molecule has 0 spiro atoms. The second kappa shape index (κ2) is 5.51. The van der Waals surface area contributed by atoms with E-state index < -0.39 is 5.60 Å². The minimum atomic E-state index is -0.992. The lowest BCUT2D eigenvalue weighted by atomic mass is 9.49. The van der Waals surface area contributed by atoms with Gasteiger partial charge in [0.1, 0.15) is 0 Å². The molecular formula is C22H26O4. The van der Waals surface area contributed by atoms with Gasteiger partial charge in [-0.15, -0.1) is 0 Å². The van der Waals surface area contributed by atoms with Gasteiger partial charge in [0.25, 0.3) is 6.47 Å². The van der Waals surface area contributed by atoms with Crippen molar-refractivity contribution in [3.63, 3.8) is 0 Å². The molecule has 2 fully saturated rings. The van der Waals surface area contributed by atoms with E-state index in [0.29, 0.717) is 30.6 Å². The van der Waals surface area contributed by atoms with Crippen molar-refractivity contribution in [2.75, 3.05) is 0 Å². The molecule has 6 atom stereocenters. The van der Waals surface area contributed by atoms with E-state index in [4.69, 9.17) is 4.74 Å². The maximum absolute atomic E-state index is 12.5. The van der Waals surface area contributed by atoms with Gasteiger partial charge >= 0.3 is 0 Å². The summed E-state index contributed by atoms with van der Waals surface area (Å²) in [6.07, 6.45) is 13.1. The number of ether oxygens (including phenoxy) is 1. The lowest BCUT2D eigenvalue weighted by molar-refractivity contribution is -0.176. The summed E-state index contributed by atoms with van der Waals surface area (Å²) >= 11 is 0. The van der Waals surface area contributed by atoms with Gasteiger partial charge in [-0.1, -0.05) is 32.1 Å². The maximum Gasteiger partial charge on any atom is 0.294 e. The molecule has 0 aromatic carbocycles. The van der Waals surface area contributed by atoms with E-state index in [9.17, 15) is 14.4 Å². The van der Waals surface area contributed by atoms with E-state index in [1.165, 1.54) is 0 Å². The number of hydrogen-bond donors (Lipinski definition) is 0. The Labute approximate surface area is 154 Å². The van der Waals surface area contributed by atoms with Crippen molar-refractivity contribution >= 4 is 18.0 Å². The fourth-order valence-electron chi connectivity index (χ4n) is 6.59. The van der Waals surface area contributed by atoms with Gasteiger partial charge in [-0.05, 0) is 68.1 Å². The van der Waals surface area contributed by atoms with Crippen LogP contribution in [0.2, 0.25) is 0 Å². The van der Waals surface area contributed by atoms with Gasteiger partial charge in [0.2, 0.25) is 0 Å².